The lowest BCUT2D eigenvalue weighted by Gasteiger charge is -2.29. The van der Waals surface area contributed by atoms with E-state index in [9.17, 15) is 40.7 Å². The lowest BCUT2D eigenvalue weighted by molar-refractivity contribution is -0.165. The number of carbonyl (C=O) groups is 3. The van der Waals surface area contributed by atoms with Crippen molar-refractivity contribution in [1.29, 1.82) is 0 Å². The molecule has 0 saturated heterocycles. The molecule has 6 nitrogen and oxygen atoms in total. The largest absolute Gasteiger partial charge is 0.426 e. The average molecular weight is 537 g/mol. The van der Waals surface area contributed by atoms with Gasteiger partial charge in [-0.25, -0.2) is 0 Å². The third kappa shape index (κ3) is 5.63. The van der Waals surface area contributed by atoms with Crippen LogP contribution in [0.5, 0.6) is 11.5 Å². The number of nitrogens with one attached hydrogen (secondary N) is 1. The maximum absolute atomic E-state index is 13.5. The highest BCUT2D eigenvalue weighted by atomic mass is 19.4. The quantitative estimate of drug-likeness (QED) is 0.248. The van der Waals surface area contributed by atoms with E-state index in [2.05, 4.69) is 5.32 Å². The van der Waals surface area contributed by atoms with Crippen LogP contribution in [-0.4, -0.2) is 30.2 Å². The highest BCUT2D eigenvalue weighted by molar-refractivity contribution is 6.11. The first-order valence-electron chi connectivity index (χ1n) is 10.9. The molecule has 0 radical (unpaired) electrons. The van der Waals surface area contributed by atoms with E-state index in [1.54, 1.807) is 24.3 Å². The Bertz CT molecular complexity index is 1290. The fraction of sp³-hybridized carbons (Fsp3) is 0.192. The smallest absolute Gasteiger partial charge is 0.399 e. The van der Waals surface area contributed by atoms with E-state index in [-0.39, 0.29) is 11.5 Å². The van der Waals surface area contributed by atoms with Crippen LogP contribution in [0.25, 0.3) is 0 Å². The van der Waals surface area contributed by atoms with Gasteiger partial charge in [0, 0.05) is 11.3 Å². The Kier molecular flexibility index (Phi) is 6.92. The number of hydrogen-bond donors (Lipinski definition) is 1. The molecule has 1 heterocycles. The number of hydrogen-bond acceptors (Lipinski definition) is 5. The number of ether oxygens (including phenoxy) is 2. The molecular weight excluding hydrogens is 520 g/mol. The van der Waals surface area contributed by atoms with Gasteiger partial charge in [-0.2, -0.15) is 26.3 Å². The zero-order valence-corrected chi connectivity index (χ0v) is 19.2. The molecule has 1 aliphatic rings. The molecule has 1 amide bonds. The molecule has 0 atom stereocenters. The molecule has 0 unspecified atom stereocenters. The summed E-state index contributed by atoms with van der Waals surface area (Å²) in [6, 6.07) is 17.3. The molecule has 38 heavy (non-hydrogen) atoms. The van der Waals surface area contributed by atoms with Crippen LogP contribution < -0.4 is 14.8 Å². The van der Waals surface area contributed by atoms with E-state index >= 15 is 0 Å². The number of esters is 2. The summed E-state index contributed by atoms with van der Waals surface area (Å²) in [6.45, 7) is 0. The van der Waals surface area contributed by atoms with Crippen molar-refractivity contribution in [2.24, 2.45) is 0 Å². The Morgan fingerprint density at radius 2 is 1.11 bits per heavy atom. The number of para-hydroxylation sites is 1. The number of alkyl halides is 6. The summed E-state index contributed by atoms with van der Waals surface area (Å²) in [6.07, 6.45) is -13.0. The van der Waals surface area contributed by atoms with Crippen molar-refractivity contribution in [1.82, 2.24) is 0 Å². The lowest BCUT2D eigenvalue weighted by atomic mass is 9.70. The normalized spacial score (nSPS) is 14.4. The molecule has 1 N–H and O–H groups in total. The minimum atomic E-state index is -4.74. The van der Waals surface area contributed by atoms with Crippen LogP contribution in [0.15, 0.2) is 72.8 Å². The van der Waals surface area contributed by atoms with Gasteiger partial charge in [-0.1, -0.05) is 42.5 Å². The van der Waals surface area contributed by atoms with Crippen molar-refractivity contribution >= 4 is 23.5 Å². The van der Waals surface area contributed by atoms with Crippen LogP contribution in [0.1, 0.15) is 29.5 Å². The van der Waals surface area contributed by atoms with Crippen LogP contribution in [0.2, 0.25) is 0 Å². The summed E-state index contributed by atoms with van der Waals surface area (Å²) in [5.41, 5.74) is 0.238. The minimum Gasteiger partial charge on any atom is -0.426 e. The third-order valence-electron chi connectivity index (χ3n) is 5.65. The number of fused-ring (bicyclic) bond motifs is 1. The fourth-order valence-electron chi connectivity index (χ4n) is 4.21. The topological polar surface area (TPSA) is 81.7 Å². The second kappa shape index (κ2) is 9.84. The summed E-state index contributed by atoms with van der Waals surface area (Å²) < 4.78 is 84.2. The van der Waals surface area contributed by atoms with Gasteiger partial charge in [0.15, 0.2) is 0 Å². The molecule has 0 fully saturated rings. The Morgan fingerprint density at radius 1 is 0.684 bits per heavy atom. The maximum Gasteiger partial charge on any atom is 0.399 e. The molecule has 198 valence electrons. The van der Waals surface area contributed by atoms with Crippen molar-refractivity contribution in [3.05, 3.63) is 89.5 Å². The Balaban J connectivity index is 1.69. The first-order valence-corrected chi connectivity index (χ1v) is 10.9. The average Bonchev–Trinajstić information content (AvgIpc) is 3.10. The summed E-state index contributed by atoms with van der Waals surface area (Å²) in [4.78, 5) is 36.6. The number of amides is 1. The summed E-state index contributed by atoms with van der Waals surface area (Å²) in [5, 5.41) is 2.77. The summed E-state index contributed by atoms with van der Waals surface area (Å²) in [7, 11) is 0. The van der Waals surface area contributed by atoms with E-state index in [1.165, 1.54) is 48.5 Å². The van der Waals surface area contributed by atoms with Crippen LogP contribution in [0.4, 0.5) is 32.0 Å². The van der Waals surface area contributed by atoms with Gasteiger partial charge in [-0.05, 0) is 41.5 Å². The first kappa shape index (κ1) is 26.7. The molecule has 1 aliphatic heterocycles. The predicted molar refractivity (Wildman–Crippen MR) is 120 cm³/mol. The summed E-state index contributed by atoms with van der Waals surface area (Å²) in [5.74, 6) is -3.82. The molecule has 3 aromatic rings. The Morgan fingerprint density at radius 3 is 1.53 bits per heavy atom. The fourth-order valence-corrected chi connectivity index (χ4v) is 4.21. The number of anilines is 1. The van der Waals surface area contributed by atoms with E-state index in [0.717, 1.165) is 0 Å². The van der Waals surface area contributed by atoms with E-state index in [0.29, 0.717) is 22.4 Å². The van der Waals surface area contributed by atoms with E-state index in [4.69, 9.17) is 9.47 Å². The molecule has 0 aliphatic carbocycles. The SMILES string of the molecule is O=C(CC(F)(F)F)Oc1ccc(C2(c3ccc(OC(=O)CC(F)(F)F)cc3)C(=O)Nc3ccccc32)cc1. The lowest BCUT2D eigenvalue weighted by Crippen LogP contribution is -2.37. The summed E-state index contributed by atoms with van der Waals surface area (Å²) >= 11 is 0. The first-order chi connectivity index (χ1) is 17.8. The molecule has 0 aromatic heterocycles. The standard InChI is InChI=1S/C26H17F6NO5/c27-24(28,29)13-21(34)37-17-9-5-15(6-10-17)26(19-3-1-2-4-20(19)33-23(26)36)16-7-11-18(12-8-16)38-22(35)14-25(30,31)32/h1-12H,13-14H2,(H,33,36). The van der Waals surface area contributed by atoms with Crippen molar-refractivity contribution in [2.75, 3.05) is 5.32 Å². The van der Waals surface area contributed by atoms with Crippen molar-refractivity contribution < 1.29 is 50.2 Å². The zero-order chi connectivity index (χ0) is 27.7. The van der Waals surface area contributed by atoms with Crippen molar-refractivity contribution in [2.45, 2.75) is 30.6 Å². The second-order valence-electron chi connectivity index (χ2n) is 8.33. The maximum atomic E-state index is 13.5. The third-order valence-corrected chi connectivity index (χ3v) is 5.65. The highest BCUT2D eigenvalue weighted by Gasteiger charge is 2.49. The molecule has 0 bridgehead atoms. The van der Waals surface area contributed by atoms with Gasteiger partial charge in [0.25, 0.3) is 0 Å². The number of rotatable bonds is 6. The van der Waals surface area contributed by atoms with Gasteiger partial charge < -0.3 is 14.8 Å². The highest BCUT2D eigenvalue weighted by Crippen LogP contribution is 2.48. The number of halogens is 6. The molecule has 0 saturated carbocycles. The molecule has 4 rings (SSSR count). The Hall–Kier alpha value is -4.35. The Labute approximate surface area is 211 Å². The monoisotopic (exact) mass is 537 g/mol. The van der Waals surface area contributed by atoms with Gasteiger partial charge in [-0.3, -0.25) is 14.4 Å². The van der Waals surface area contributed by atoms with Crippen LogP contribution in [0.3, 0.4) is 0 Å². The number of carbonyl (C=O) groups excluding carboxylic acids is 3. The zero-order valence-electron chi connectivity index (χ0n) is 19.2. The molecule has 12 heteroatoms. The van der Waals surface area contributed by atoms with E-state index < -0.39 is 48.5 Å². The van der Waals surface area contributed by atoms with Crippen LogP contribution in [0, 0.1) is 0 Å². The predicted octanol–water partition coefficient (Wildman–Crippen LogP) is 5.69. The van der Waals surface area contributed by atoms with E-state index in [1.807, 2.05) is 0 Å². The van der Waals surface area contributed by atoms with Crippen molar-refractivity contribution in [3.63, 3.8) is 0 Å². The van der Waals surface area contributed by atoms with Gasteiger partial charge in [0.1, 0.15) is 29.8 Å². The minimum absolute atomic E-state index is 0.170. The van der Waals surface area contributed by atoms with Gasteiger partial charge in [-0.15, -0.1) is 0 Å². The van der Waals surface area contributed by atoms with Gasteiger partial charge in [0.2, 0.25) is 5.91 Å². The van der Waals surface area contributed by atoms with Gasteiger partial charge in [0.05, 0.1) is 0 Å². The molecule has 0 spiro atoms. The molecular formula is C26H17F6NO5. The van der Waals surface area contributed by atoms with Crippen LogP contribution in [-0.2, 0) is 19.8 Å². The van der Waals surface area contributed by atoms with Gasteiger partial charge >= 0.3 is 24.3 Å². The molecule has 3 aromatic carbocycles. The second-order valence-corrected chi connectivity index (χ2v) is 8.33. The van der Waals surface area contributed by atoms with Crippen molar-refractivity contribution in [3.8, 4) is 11.5 Å². The van der Waals surface area contributed by atoms with Crippen LogP contribution >= 0.6 is 0 Å². The number of benzene rings is 3.